The van der Waals surface area contributed by atoms with Crippen molar-refractivity contribution < 1.29 is 13.9 Å². The Balaban J connectivity index is 1.62. The molecule has 0 radical (unpaired) electrons. The largest absolute Gasteiger partial charge is 0.457 e. The second-order valence-corrected chi connectivity index (χ2v) is 6.69. The third-order valence-electron chi connectivity index (χ3n) is 4.87. The summed E-state index contributed by atoms with van der Waals surface area (Å²) in [7, 11) is 0. The van der Waals surface area contributed by atoms with E-state index in [4.69, 9.17) is 4.74 Å². The average molecular weight is 366 g/mol. The van der Waals surface area contributed by atoms with Crippen LogP contribution >= 0.6 is 0 Å². The van der Waals surface area contributed by atoms with Crippen molar-refractivity contribution in [3.63, 3.8) is 0 Å². The summed E-state index contributed by atoms with van der Waals surface area (Å²) in [5.74, 6) is -0.222. The minimum Gasteiger partial charge on any atom is -0.457 e. The Hall–Kier alpha value is -3.02. The first-order valence-corrected chi connectivity index (χ1v) is 9.07. The van der Waals surface area contributed by atoms with E-state index in [9.17, 15) is 14.0 Å². The number of rotatable bonds is 3. The highest BCUT2D eigenvalue weighted by molar-refractivity contribution is 5.94. The summed E-state index contributed by atoms with van der Waals surface area (Å²) in [5.41, 5.74) is 1.04. The van der Waals surface area contributed by atoms with E-state index in [1.165, 1.54) is 6.07 Å². The van der Waals surface area contributed by atoms with Gasteiger partial charge in [0.15, 0.2) is 0 Å². The van der Waals surface area contributed by atoms with Gasteiger partial charge in [0, 0.05) is 18.5 Å². The van der Waals surface area contributed by atoms with Crippen molar-refractivity contribution in [3.8, 4) is 0 Å². The highest BCUT2D eigenvalue weighted by atomic mass is 19.1. The van der Waals surface area contributed by atoms with Gasteiger partial charge in [-0.1, -0.05) is 24.6 Å². The van der Waals surface area contributed by atoms with Crippen LogP contribution in [-0.4, -0.2) is 15.5 Å². The molecule has 0 bridgehead atoms. The molecule has 0 unspecified atom stereocenters. The lowest BCUT2D eigenvalue weighted by molar-refractivity contribution is 0.0469. The zero-order valence-corrected chi connectivity index (χ0v) is 14.8. The molecule has 0 aliphatic carbocycles. The summed E-state index contributed by atoms with van der Waals surface area (Å²) in [6.45, 7) is 0.535. The summed E-state index contributed by atoms with van der Waals surface area (Å²) in [6, 6.07) is 10.9. The number of benzene rings is 2. The number of carbonyl (C=O) groups is 1. The van der Waals surface area contributed by atoms with Crippen LogP contribution in [0.3, 0.4) is 0 Å². The van der Waals surface area contributed by atoms with E-state index < -0.39 is 11.8 Å². The molecular weight excluding hydrogens is 347 g/mol. The average Bonchev–Trinajstić information content (AvgIpc) is 2.92. The molecule has 0 spiro atoms. The molecule has 0 fully saturated rings. The molecule has 5 nitrogen and oxygen atoms in total. The zero-order valence-electron chi connectivity index (χ0n) is 14.8. The van der Waals surface area contributed by atoms with Crippen LogP contribution in [0.15, 0.2) is 47.3 Å². The number of aryl methyl sites for hydroxylation is 1. The normalized spacial score (nSPS) is 13.8. The van der Waals surface area contributed by atoms with E-state index >= 15 is 0 Å². The van der Waals surface area contributed by atoms with E-state index in [0.29, 0.717) is 28.6 Å². The van der Waals surface area contributed by atoms with Gasteiger partial charge < -0.3 is 4.74 Å². The van der Waals surface area contributed by atoms with Crippen molar-refractivity contribution in [1.29, 1.82) is 0 Å². The molecule has 0 saturated carbocycles. The van der Waals surface area contributed by atoms with E-state index in [1.807, 2.05) is 0 Å². The lowest BCUT2D eigenvalue weighted by Gasteiger charge is -2.11. The minimum absolute atomic E-state index is 0.0665. The van der Waals surface area contributed by atoms with Crippen LogP contribution in [0.4, 0.5) is 4.39 Å². The van der Waals surface area contributed by atoms with Gasteiger partial charge in [0.1, 0.15) is 18.2 Å². The second kappa shape index (κ2) is 7.31. The molecule has 2 aromatic carbocycles. The maximum atomic E-state index is 13.7. The van der Waals surface area contributed by atoms with Crippen LogP contribution in [-0.2, 0) is 24.3 Å². The third-order valence-corrected chi connectivity index (χ3v) is 4.87. The Morgan fingerprint density at radius 3 is 2.85 bits per heavy atom. The van der Waals surface area contributed by atoms with Gasteiger partial charge in [-0.25, -0.2) is 14.2 Å². The molecule has 0 saturated heterocycles. The van der Waals surface area contributed by atoms with Crippen LogP contribution in [0.5, 0.6) is 0 Å². The molecule has 0 N–H and O–H groups in total. The maximum absolute atomic E-state index is 13.7. The molecule has 3 aromatic rings. The highest BCUT2D eigenvalue weighted by Gasteiger charge is 2.16. The SMILES string of the molecule is O=C(OCc1ccccc1F)c1ccc2c(=O)n3c(nc2c1)CCCCC3. The molecule has 1 aromatic heterocycles. The van der Waals surface area contributed by atoms with Crippen LogP contribution in [0.1, 0.15) is 41.0 Å². The first kappa shape index (κ1) is 17.4. The van der Waals surface area contributed by atoms with E-state index in [2.05, 4.69) is 4.98 Å². The van der Waals surface area contributed by atoms with Crippen molar-refractivity contribution in [2.45, 2.75) is 38.8 Å². The molecule has 2 heterocycles. The maximum Gasteiger partial charge on any atom is 0.338 e. The highest BCUT2D eigenvalue weighted by Crippen LogP contribution is 2.17. The van der Waals surface area contributed by atoms with Crippen LogP contribution in [0, 0.1) is 5.82 Å². The zero-order chi connectivity index (χ0) is 18.8. The second-order valence-electron chi connectivity index (χ2n) is 6.69. The lowest BCUT2D eigenvalue weighted by atomic mass is 10.1. The first-order valence-electron chi connectivity index (χ1n) is 9.07. The minimum atomic E-state index is -0.572. The number of aromatic nitrogens is 2. The van der Waals surface area contributed by atoms with Crippen molar-refractivity contribution in [2.75, 3.05) is 0 Å². The Kier molecular flexibility index (Phi) is 4.71. The summed E-state index contributed by atoms with van der Waals surface area (Å²) < 4.78 is 20.6. The van der Waals surface area contributed by atoms with Crippen molar-refractivity contribution in [2.24, 2.45) is 0 Å². The Morgan fingerprint density at radius 1 is 1.15 bits per heavy atom. The number of ether oxygens (including phenoxy) is 1. The molecule has 0 atom stereocenters. The lowest BCUT2D eigenvalue weighted by Crippen LogP contribution is -2.24. The topological polar surface area (TPSA) is 61.2 Å². The standard InChI is InChI=1S/C21H19FN2O3/c22-17-7-4-3-6-15(17)13-27-21(26)14-9-10-16-18(12-14)23-19-8-2-1-5-11-24(19)20(16)25/h3-4,6-7,9-10,12H,1-2,5,8,11,13H2. The fraction of sp³-hybridized carbons (Fsp3) is 0.286. The molecule has 6 heteroatoms. The Bertz CT molecular complexity index is 1070. The summed E-state index contributed by atoms with van der Waals surface area (Å²) in [5, 5.41) is 0.492. The molecule has 4 rings (SSSR count). The molecule has 1 aliphatic rings. The van der Waals surface area contributed by atoms with Crippen LogP contribution < -0.4 is 5.56 Å². The number of hydrogen-bond donors (Lipinski definition) is 0. The van der Waals surface area contributed by atoms with Gasteiger partial charge in [-0.3, -0.25) is 9.36 Å². The number of nitrogens with zero attached hydrogens (tertiary/aromatic N) is 2. The van der Waals surface area contributed by atoms with Crippen LogP contribution in [0.2, 0.25) is 0 Å². The van der Waals surface area contributed by atoms with Crippen molar-refractivity contribution >= 4 is 16.9 Å². The van der Waals surface area contributed by atoms with E-state index in [1.54, 1.807) is 41.0 Å². The molecule has 0 amide bonds. The molecule has 1 aliphatic heterocycles. The molecule has 27 heavy (non-hydrogen) atoms. The molecule has 138 valence electrons. The summed E-state index contributed by atoms with van der Waals surface area (Å²) in [4.78, 5) is 29.7. The van der Waals surface area contributed by atoms with Gasteiger partial charge >= 0.3 is 5.97 Å². The fourth-order valence-electron chi connectivity index (χ4n) is 3.39. The fourth-order valence-corrected chi connectivity index (χ4v) is 3.39. The Labute approximate surface area is 155 Å². The molecular formula is C21H19FN2O3. The number of esters is 1. The predicted octanol–water partition coefficient (Wildman–Crippen LogP) is 3.62. The quantitative estimate of drug-likeness (QED) is 0.664. The van der Waals surface area contributed by atoms with E-state index in [-0.39, 0.29) is 12.2 Å². The van der Waals surface area contributed by atoms with Gasteiger partial charge in [0.2, 0.25) is 0 Å². The summed E-state index contributed by atoms with van der Waals surface area (Å²) >= 11 is 0. The van der Waals surface area contributed by atoms with Gasteiger partial charge in [-0.15, -0.1) is 0 Å². The van der Waals surface area contributed by atoms with Gasteiger partial charge in [-0.05, 0) is 37.1 Å². The number of halogens is 1. The van der Waals surface area contributed by atoms with Gasteiger partial charge in [-0.2, -0.15) is 0 Å². The number of carbonyl (C=O) groups excluding carboxylic acids is 1. The predicted molar refractivity (Wildman–Crippen MR) is 99.1 cm³/mol. The number of hydrogen-bond acceptors (Lipinski definition) is 4. The third kappa shape index (κ3) is 3.47. The smallest absolute Gasteiger partial charge is 0.338 e. The monoisotopic (exact) mass is 366 g/mol. The van der Waals surface area contributed by atoms with Crippen molar-refractivity contribution in [3.05, 3.63) is 75.6 Å². The summed E-state index contributed by atoms with van der Waals surface area (Å²) in [6.07, 6.45) is 3.81. The van der Waals surface area contributed by atoms with E-state index in [0.717, 1.165) is 31.5 Å². The van der Waals surface area contributed by atoms with Crippen molar-refractivity contribution in [1.82, 2.24) is 9.55 Å². The van der Waals surface area contributed by atoms with Crippen LogP contribution in [0.25, 0.3) is 10.9 Å². The number of fused-ring (bicyclic) bond motifs is 2. The van der Waals surface area contributed by atoms with Gasteiger partial charge in [0.25, 0.3) is 5.56 Å². The van der Waals surface area contributed by atoms with Gasteiger partial charge in [0.05, 0.1) is 16.5 Å². The Morgan fingerprint density at radius 2 is 2.00 bits per heavy atom. The first-order chi connectivity index (χ1) is 13.1.